The number of nitrogens with one attached hydrogen (secondary N) is 1. The summed E-state index contributed by atoms with van der Waals surface area (Å²) in [6.07, 6.45) is 1.75. The van der Waals surface area contributed by atoms with Crippen LogP contribution in [0.5, 0.6) is 5.75 Å². The molecule has 0 amide bonds. The molecule has 1 N–H and O–H groups in total. The molecule has 0 aliphatic carbocycles. The van der Waals surface area contributed by atoms with Gasteiger partial charge in [-0.1, -0.05) is 15.9 Å². The second-order valence-corrected chi connectivity index (χ2v) is 7.75. The van der Waals surface area contributed by atoms with Crippen molar-refractivity contribution >= 4 is 25.8 Å². The summed E-state index contributed by atoms with van der Waals surface area (Å²) >= 11 is 3.46. The molecular weight excluding hydrogens is 330 g/mol. The zero-order valence-electron chi connectivity index (χ0n) is 11.5. The number of ether oxygens (including phenoxy) is 1. The minimum absolute atomic E-state index is 0.157. The van der Waals surface area contributed by atoms with Gasteiger partial charge in [-0.15, -0.1) is 0 Å². The first-order chi connectivity index (χ1) is 8.83. The first-order valence-corrected chi connectivity index (χ1v) is 8.93. The van der Waals surface area contributed by atoms with Gasteiger partial charge in [-0.05, 0) is 38.1 Å². The van der Waals surface area contributed by atoms with Crippen LogP contribution in [0.1, 0.15) is 17.5 Å². The lowest BCUT2D eigenvalue weighted by Crippen LogP contribution is -2.11. The van der Waals surface area contributed by atoms with E-state index in [1.54, 1.807) is 0 Å². The molecule has 0 bridgehead atoms. The van der Waals surface area contributed by atoms with Gasteiger partial charge >= 0.3 is 0 Å². The third-order valence-corrected chi connectivity index (χ3v) is 4.08. The number of rotatable bonds is 7. The van der Waals surface area contributed by atoms with E-state index in [1.165, 1.54) is 6.26 Å². The van der Waals surface area contributed by atoms with E-state index >= 15 is 0 Å². The topological polar surface area (TPSA) is 55.4 Å². The van der Waals surface area contributed by atoms with Crippen molar-refractivity contribution in [3.05, 3.63) is 27.7 Å². The molecule has 0 saturated heterocycles. The van der Waals surface area contributed by atoms with E-state index in [9.17, 15) is 8.42 Å². The lowest BCUT2D eigenvalue weighted by atomic mass is 10.1. The number of sulfone groups is 1. The van der Waals surface area contributed by atoms with Gasteiger partial charge in [0.2, 0.25) is 0 Å². The highest BCUT2D eigenvalue weighted by Gasteiger charge is 2.09. The van der Waals surface area contributed by atoms with Crippen LogP contribution in [-0.2, 0) is 16.4 Å². The lowest BCUT2D eigenvalue weighted by molar-refractivity contribution is 0.311. The molecule has 0 aliphatic heterocycles. The molecule has 108 valence electrons. The maximum absolute atomic E-state index is 11.1. The van der Waals surface area contributed by atoms with Crippen LogP contribution < -0.4 is 10.1 Å². The van der Waals surface area contributed by atoms with E-state index in [-0.39, 0.29) is 5.75 Å². The number of hydrogen-bond acceptors (Lipinski definition) is 4. The van der Waals surface area contributed by atoms with Gasteiger partial charge in [0.25, 0.3) is 0 Å². The highest BCUT2D eigenvalue weighted by Crippen LogP contribution is 2.28. The summed E-state index contributed by atoms with van der Waals surface area (Å²) in [7, 11) is -1.04. The molecule has 19 heavy (non-hydrogen) atoms. The molecule has 0 aromatic heterocycles. The van der Waals surface area contributed by atoms with Crippen molar-refractivity contribution in [2.75, 3.05) is 25.7 Å². The zero-order valence-corrected chi connectivity index (χ0v) is 13.9. The van der Waals surface area contributed by atoms with Gasteiger partial charge in [0.05, 0.1) is 12.4 Å². The van der Waals surface area contributed by atoms with Crippen molar-refractivity contribution in [2.24, 2.45) is 0 Å². The van der Waals surface area contributed by atoms with Gasteiger partial charge in [-0.2, -0.15) is 0 Å². The highest BCUT2D eigenvalue weighted by molar-refractivity contribution is 9.10. The van der Waals surface area contributed by atoms with Crippen LogP contribution in [0.15, 0.2) is 16.6 Å². The van der Waals surface area contributed by atoms with Crippen LogP contribution in [-0.4, -0.2) is 34.1 Å². The Balaban J connectivity index is 2.71. The van der Waals surface area contributed by atoms with Crippen LogP contribution in [0.3, 0.4) is 0 Å². The Bertz CT molecular complexity index is 529. The maximum Gasteiger partial charge on any atom is 0.147 e. The van der Waals surface area contributed by atoms with Gasteiger partial charge in [0, 0.05) is 22.8 Å². The summed E-state index contributed by atoms with van der Waals surface area (Å²) in [6.45, 7) is 3.10. The highest BCUT2D eigenvalue weighted by atomic mass is 79.9. The third kappa shape index (κ3) is 5.93. The van der Waals surface area contributed by atoms with Crippen LogP contribution in [0.4, 0.5) is 0 Å². The van der Waals surface area contributed by atoms with Crippen LogP contribution in [0, 0.1) is 6.92 Å². The standard InChI is InChI=1S/C13H20BrNO3S/c1-10-7-12(14)8-11(9-15-2)13(10)18-5-4-6-19(3,16)17/h7-8,15H,4-6,9H2,1-3H3. The minimum atomic E-state index is -2.92. The first-order valence-electron chi connectivity index (χ1n) is 6.07. The van der Waals surface area contributed by atoms with Crippen molar-refractivity contribution in [3.8, 4) is 5.75 Å². The van der Waals surface area contributed by atoms with Crippen LogP contribution >= 0.6 is 15.9 Å². The summed E-state index contributed by atoms with van der Waals surface area (Å²) in [5.41, 5.74) is 2.10. The Labute approximate surface area is 123 Å². The minimum Gasteiger partial charge on any atom is -0.493 e. The number of hydrogen-bond donors (Lipinski definition) is 1. The molecule has 0 aliphatic rings. The molecule has 0 heterocycles. The van der Waals surface area contributed by atoms with Crippen molar-refractivity contribution < 1.29 is 13.2 Å². The Morgan fingerprint density at radius 2 is 2.05 bits per heavy atom. The number of aryl methyl sites for hydroxylation is 1. The fraction of sp³-hybridized carbons (Fsp3) is 0.538. The van der Waals surface area contributed by atoms with E-state index in [1.807, 2.05) is 26.1 Å². The lowest BCUT2D eigenvalue weighted by Gasteiger charge is -2.14. The zero-order chi connectivity index (χ0) is 14.5. The normalized spacial score (nSPS) is 11.6. The fourth-order valence-electron chi connectivity index (χ4n) is 1.82. The molecule has 0 unspecified atom stereocenters. The van der Waals surface area contributed by atoms with Gasteiger partial charge < -0.3 is 10.1 Å². The van der Waals surface area contributed by atoms with Crippen LogP contribution in [0.25, 0.3) is 0 Å². The number of benzene rings is 1. The second kappa shape index (κ2) is 7.26. The molecule has 0 spiro atoms. The van der Waals surface area contributed by atoms with E-state index < -0.39 is 9.84 Å². The Kier molecular flexibility index (Phi) is 6.29. The number of halogens is 1. The van der Waals surface area contributed by atoms with Gasteiger partial charge in [0.15, 0.2) is 0 Å². The third-order valence-electron chi connectivity index (χ3n) is 2.59. The smallest absolute Gasteiger partial charge is 0.147 e. The van der Waals surface area contributed by atoms with E-state index in [2.05, 4.69) is 21.2 Å². The molecule has 0 atom stereocenters. The largest absolute Gasteiger partial charge is 0.493 e. The maximum atomic E-state index is 11.1. The molecule has 1 aromatic carbocycles. The predicted molar refractivity (Wildman–Crippen MR) is 81.5 cm³/mol. The summed E-state index contributed by atoms with van der Waals surface area (Å²) in [6, 6.07) is 4.00. The quantitative estimate of drug-likeness (QED) is 0.767. The Morgan fingerprint density at radius 1 is 1.37 bits per heavy atom. The SMILES string of the molecule is CNCc1cc(Br)cc(C)c1OCCCS(C)(=O)=O. The molecule has 0 radical (unpaired) electrons. The summed E-state index contributed by atoms with van der Waals surface area (Å²) in [4.78, 5) is 0. The summed E-state index contributed by atoms with van der Waals surface area (Å²) in [5.74, 6) is 0.996. The van der Waals surface area contributed by atoms with Crippen molar-refractivity contribution in [1.29, 1.82) is 0 Å². The van der Waals surface area contributed by atoms with Crippen molar-refractivity contribution in [1.82, 2.24) is 5.32 Å². The van der Waals surface area contributed by atoms with Gasteiger partial charge in [0.1, 0.15) is 15.6 Å². The molecule has 6 heteroatoms. The average molecular weight is 350 g/mol. The van der Waals surface area contributed by atoms with Gasteiger partial charge in [-0.3, -0.25) is 0 Å². The van der Waals surface area contributed by atoms with Gasteiger partial charge in [-0.25, -0.2) is 8.42 Å². The predicted octanol–water partition coefficient (Wildman–Crippen LogP) is 2.29. The molecule has 0 fully saturated rings. The average Bonchev–Trinajstić information content (AvgIpc) is 2.25. The van der Waals surface area contributed by atoms with Crippen molar-refractivity contribution in [3.63, 3.8) is 0 Å². The first kappa shape index (κ1) is 16.5. The summed E-state index contributed by atoms with van der Waals surface area (Å²) < 4.78 is 28.9. The summed E-state index contributed by atoms with van der Waals surface area (Å²) in [5, 5.41) is 3.10. The van der Waals surface area contributed by atoms with Crippen LogP contribution in [0.2, 0.25) is 0 Å². The molecule has 1 rings (SSSR count). The second-order valence-electron chi connectivity index (χ2n) is 4.57. The van der Waals surface area contributed by atoms with E-state index in [0.717, 1.165) is 21.3 Å². The fourth-order valence-corrected chi connectivity index (χ4v) is 3.08. The Morgan fingerprint density at radius 3 is 2.63 bits per heavy atom. The van der Waals surface area contributed by atoms with Crippen molar-refractivity contribution in [2.45, 2.75) is 19.9 Å². The Hall–Kier alpha value is -0.590. The van der Waals surface area contributed by atoms with E-state index in [4.69, 9.17) is 4.74 Å². The monoisotopic (exact) mass is 349 g/mol. The molecule has 4 nitrogen and oxygen atoms in total. The van der Waals surface area contributed by atoms with E-state index in [0.29, 0.717) is 19.6 Å². The molecule has 0 saturated carbocycles. The molecule has 1 aromatic rings. The molecular formula is C13H20BrNO3S.